The van der Waals surface area contributed by atoms with Crippen LogP contribution in [0.5, 0.6) is 0 Å². The van der Waals surface area contributed by atoms with Crippen LogP contribution in [-0.2, 0) is 6.42 Å². The van der Waals surface area contributed by atoms with E-state index in [0.29, 0.717) is 12.0 Å². The van der Waals surface area contributed by atoms with Gasteiger partial charge in [-0.25, -0.2) is 0 Å². The van der Waals surface area contributed by atoms with E-state index in [2.05, 4.69) is 25.2 Å². The van der Waals surface area contributed by atoms with Gasteiger partial charge in [0.05, 0.1) is 0 Å². The highest BCUT2D eigenvalue weighted by molar-refractivity contribution is 6.31. The topological polar surface area (TPSA) is 38.0 Å². The summed E-state index contributed by atoms with van der Waals surface area (Å²) in [5.41, 5.74) is 9.40. The van der Waals surface area contributed by atoms with Crippen LogP contribution >= 0.6 is 11.6 Å². The molecular weight excluding hydrogens is 220 g/mol. The van der Waals surface area contributed by atoms with Crippen molar-refractivity contribution in [2.24, 2.45) is 11.7 Å². The van der Waals surface area contributed by atoms with E-state index in [4.69, 9.17) is 17.3 Å². The third-order valence-electron chi connectivity index (χ3n) is 3.56. The number of hydrogen-bond acceptors (Lipinski definition) is 2. The average Bonchev–Trinajstić information content (AvgIpc) is 2.69. The fourth-order valence-corrected chi connectivity index (χ4v) is 2.55. The van der Waals surface area contributed by atoms with Crippen LogP contribution in [-0.4, -0.2) is 12.6 Å². The normalized spacial score (nSPS) is 20.4. The van der Waals surface area contributed by atoms with Crippen LogP contribution in [0.2, 0.25) is 5.02 Å². The highest BCUT2D eigenvalue weighted by Crippen LogP contribution is 2.35. The molecule has 0 amide bonds. The van der Waals surface area contributed by atoms with Crippen LogP contribution in [0, 0.1) is 12.8 Å². The first-order valence-electron chi connectivity index (χ1n) is 5.88. The molecule has 1 aromatic rings. The van der Waals surface area contributed by atoms with Crippen molar-refractivity contribution < 1.29 is 0 Å². The van der Waals surface area contributed by atoms with Gasteiger partial charge in [0.25, 0.3) is 0 Å². The molecule has 1 aliphatic rings. The van der Waals surface area contributed by atoms with Crippen LogP contribution in [0.3, 0.4) is 0 Å². The predicted molar refractivity (Wildman–Crippen MR) is 70.1 cm³/mol. The smallest absolute Gasteiger partial charge is 0.0455 e. The summed E-state index contributed by atoms with van der Waals surface area (Å²) in [5, 5.41) is 4.43. The molecule has 2 rings (SSSR count). The number of fused-ring (bicyclic) bond motifs is 1. The van der Waals surface area contributed by atoms with Crippen molar-refractivity contribution in [1.82, 2.24) is 0 Å². The zero-order chi connectivity index (χ0) is 11.7. The molecule has 1 heterocycles. The number of halogens is 1. The Hall–Kier alpha value is -0.730. The number of nitrogens with one attached hydrogen (secondary N) is 1. The predicted octanol–water partition coefficient (Wildman–Crippen LogP) is 2.97. The third kappa shape index (κ3) is 2.04. The van der Waals surface area contributed by atoms with Crippen LogP contribution in [0.25, 0.3) is 0 Å². The summed E-state index contributed by atoms with van der Waals surface area (Å²) in [4.78, 5) is 0. The van der Waals surface area contributed by atoms with Crippen molar-refractivity contribution in [3.8, 4) is 0 Å². The summed E-state index contributed by atoms with van der Waals surface area (Å²) < 4.78 is 0. The number of rotatable bonds is 3. The number of nitrogens with two attached hydrogens (primary N) is 1. The highest BCUT2D eigenvalue weighted by Gasteiger charge is 2.26. The maximum Gasteiger partial charge on any atom is 0.0455 e. The quantitative estimate of drug-likeness (QED) is 0.850. The molecule has 0 saturated carbocycles. The van der Waals surface area contributed by atoms with Crippen molar-refractivity contribution >= 4 is 17.3 Å². The van der Waals surface area contributed by atoms with E-state index in [1.165, 1.54) is 16.8 Å². The van der Waals surface area contributed by atoms with E-state index in [9.17, 15) is 0 Å². The van der Waals surface area contributed by atoms with E-state index in [1.807, 2.05) is 6.07 Å². The van der Waals surface area contributed by atoms with Gasteiger partial charge in [0.1, 0.15) is 0 Å². The summed E-state index contributed by atoms with van der Waals surface area (Å²) in [5.74, 6) is 0.607. The van der Waals surface area contributed by atoms with Crippen LogP contribution in [0.4, 0.5) is 5.69 Å². The molecule has 0 fully saturated rings. The second kappa shape index (κ2) is 4.64. The molecule has 0 radical (unpaired) electrons. The van der Waals surface area contributed by atoms with Gasteiger partial charge in [-0.3, -0.25) is 0 Å². The molecule has 3 N–H and O–H groups in total. The zero-order valence-electron chi connectivity index (χ0n) is 9.89. The first kappa shape index (κ1) is 11.7. The molecule has 88 valence electrons. The standard InChI is InChI=1S/C13H19ClN2/c1-8(5-6-15)12-7-10-3-4-11(14)9(2)13(10)16-12/h3-4,8,12,16H,5-7,15H2,1-2H3. The minimum absolute atomic E-state index is 0.510. The number of anilines is 1. The maximum atomic E-state index is 6.12. The molecule has 16 heavy (non-hydrogen) atoms. The van der Waals surface area contributed by atoms with Crippen LogP contribution < -0.4 is 11.1 Å². The van der Waals surface area contributed by atoms with Gasteiger partial charge in [-0.05, 0) is 49.4 Å². The van der Waals surface area contributed by atoms with Crippen LogP contribution in [0.15, 0.2) is 12.1 Å². The average molecular weight is 239 g/mol. The van der Waals surface area contributed by atoms with E-state index < -0.39 is 0 Å². The highest BCUT2D eigenvalue weighted by atomic mass is 35.5. The van der Waals surface area contributed by atoms with Gasteiger partial charge in [-0.15, -0.1) is 0 Å². The van der Waals surface area contributed by atoms with E-state index >= 15 is 0 Å². The van der Waals surface area contributed by atoms with Gasteiger partial charge in [-0.2, -0.15) is 0 Å². The first-order valence-corrected chi connectivity index (χ1v) is 6.26. The molecule has 0 aromatic heterocycles. The van der Waals surface area contributed by atoms with Gasteiger partial charge in [0.2, 0.25) is 0 Å². The maximum absolute atomic E-state index is 6.12. The van der Waals surface area contributed by atoms with E-state index in [1.54, 1.807) is 0 Å². The lowest BCUT2D eigenvalue weighted by molar-refractivity contribution is 0.464. The Morgan fingerprint density at radius 2 is 2.31 bits per heavy atom. The lowest BCUT2D eigenvalue weighted by Crippen LogP contribution is -2.26. The van der Waals surface area contributed by atoms with Crippen molar-refractivity contribution in [3.05, 3.63) is 28.3 Å². The van der Waals surface area contributed by atoms with Gasteiger partial charge < -0.3 is 11.1 Å². The zero-order valence-corrected chi connectivity index (χ0v) is 10.6. The van der Waals surface area contributed by atoms with E-state index in [-0.39, 0.29) is 0 Å². The summed E-state index contributed by atoms with van der Waals surface area (Å²) in [6.07, 6.45) is 2.16. The van der Waals surface area contributed by atoms with Gasteiger partial charge >= 0.3 is 0 Å². The van der Waals surface area contributed by atoms with Crippen molar-refractivity contribution in [1.29, 1.82) is 0 Å². The monoisotopic (exact) mass is 238 g/mol. The molecule has 0 bridgehead atoms. The molecule has 0 spiro atoms. The molecule has 2 nitrogen and oxygen atoms in total. The lowest BCUT2D eigenvalue weighted by atomic mass is 9.95. The van der Waals surface area contributed by atoms with Gasteiger partial charge in [0, 0.05) is 16.8 Å². The Morgan fingerprint density at radius 3 is 3.00 bits per heavy atom. The third-order valence-corrected chi connectivity index (χ3v) is 3.97. The Kier molecular flexibility index (Phi) is 3.41. The number of hydrogen-bond donors (Lipinski definition) is 2. The van der Waals surface area contributed by atoms with Crippen LogP contribution in [0.1, 0.15) is 24.5 Å². The molecular formula is C13H19ClN2. The lowest BCUT2D eigenvalue weighted by Gasteiger charge is -2.19. The minimum Gasteiger partial charge on any atom is -0.381 e. The fraction of sp³-hybridized carbons (Fsp3) is 0.538. The largest absolute Gasteiger partial charge is 0.381 e. The Labute approximate surface area is 102 Å². The van der Waals surface area contributed by atoms with Gasteiger partial charge in [-0.1, -0.05) is 24.6 Å². The molecule has 3 heteroatoms. The molecule has 0 aliphatic carbocycles. The summed E-state index contributed by atoms with van der Waals surface area (Å²) in [6, 6.07) is 4.64. The molecule has 2 atom stereocenters. The molecule has 1 aromatic carbocycles. The minimum atomic E-state index is 0.510. The summed E-state index contributed by atoms with van der Waals surface area (Å²) >= 11 is 6.12. The molecule has 2 unspecified atom stereocenters. The Bertz CT molecular complexity index is 390. The number of benzene rings is 1. The van der Waals surface area contributed by atoms with E-state index in [0.717, 1.165) is 24.4 Å². The first-order chi connectivity index (χ1) is 7.63. The second-order valence-electron chi connectivity index (χ2n) is 4.72. The van der Waals surface area contributed by atoms with Crippen molar-refractivity contribution in [2.45, 2.75) is 32.7 Å². The summed E-state index contributed by atoms with van der Waals surface area (Å²) in [7, 11) is 0. The SMILES string of the molecule is Cc1c(Cl)ccc2c1NC(C(C)CCN)C2. The Morgan fingerprint density at radius 1 is 1.56 bits per heavy atom. The Balaban J connectivity index is 2.18. The van der Waals surface area contributed by atoms with Gasteiger partial charge in [0.15, 0.2) is 0 Å². The second-order valence-corrected chi connectivity index (χ2v) is 5.12. The van der Waals surface area contributed by atoms with Crippen molar-refractivity contribution in [2.75, 3.05) is 11.9 Å². The molecule has 1 aliphatic heterocycles. The molecule has 0 saturated heterocycles. The summed E-state index contributed by atoms with van der Waals surface area (Å²) in [6.45, 7) is 5.09. The van der Waals surface area contributed by atoms with Crippen molar-refractivity contribution in [3.63, 3.8) is 0 Å². The fourth-order valence-electron chi connectivity index (χ4n) is 2.39.